The van der Waals surface area contributed by atoms with Gasteiger partial charge in [-0.2, -0.15) is 0 Å². The molecule has 0 radical (unpaired) electrons. The van der Waals surface area contributed by atoms with Crippen LogP contribution < -0.4 is 5.32 Å². The monoisotopic (exact) mass is 469 g/mol. The van der Waals surface area contributed by atoms with Crippen LogP contribution in [0.4, 0.5) is 5.69 Å². The molecular weight excluding hydrogens is 446 g/mol. The summed E-state index contributed by atoms with van der Waals surface area (Å²) in [6, 6.07) is 11.4. The summed E-state index contributed by atoms with van der Waals surface area (Å²) in [5, 5.41) is 11.4. The molecule has 156 valence electrons. The van der Waals surface area contributed by atoms with Gasteiger partial charge in [-0.25, -0.2) is 4.68 Å². The van der Waals surface area contributed by atoms with Gasteiger partial charge in [0.15, 0.2) is 0 Å². The lowest BCUT2D eigenvalue weighted by Gasteiger charge is -2.17. The summed E-state index contributed by atoms with van der Waals surface area (Å²) in [4.78, 5) is 26.6. The second kappa shape index (κ2) is 8.55. The molecule has 2 amide bonds. The van der Waals surface area contributed by atoms with Crippen LogP contribution in [-0.2, 0) is 4.79 Å². The molecule has 0 saturated heterocycles. The van der Waals surface area contributed by atoms with E-state index in [1.54, 1.807) is 19.2 Å². The summed E-state index contributed by atoms with van der Waals surface area (Å²) in [7, 11) is 1.62. The van der Waals surface area contributed by atoms with E-state index in [2.05, 4.69) is 31.6 Å². The van der Waals surface area contributed by atoms with Gasteiger partial charge in [-0.3, -0.25) is 9.59 Å². The smallest absolute Gasteiger partial charge is 0.254 e. The molecule has 0 unspecified atom stereocenters. The molecule has 1 fully saturated rings. The number of hydrogen-bond donors (Lipinski definition) is 1. The normalized spacial score (nSPS) is 14.2. The van der Waals surface area contributed by atoms with Crippen molar-refractivity contribution < 1.29 is 9.59 Å². The minimum Gasteiger partial charge on any atom is -0.332 e. The highest BCUT2D eigenvalue weighted by Gasteiger charge is 2.21. The molecule has 0 aliphatic heterocycles. The van der Waals surface area contributed by atoms with Gasteiger partial charge in [0.2, 0.25) is 5.91 Å². The van der Waals surface area contributed by atoms with Crippen molar-refractivity contribution in [1.82, 2.24) is 19.9 Å². The highest BCUT2D eigenvalue weighted by atomic mass is 79.9. The fourth-order valence-electron chi connectivity index (χ4n) is 3.92. The standard InChI is InChI=1S/C22H24BrN5O2/c1-14-11-16(8-9-18(14)23)24-21(29)13-27(2)22(30)15-7-10-20-19(12-15)25-26-28(20)17-5-3-4-6-17/h7-12,17H,3-6,13H2,1-2H3,(H,24,29). The highest BCUT2D eigenvalue weighted by Crippen LogP contribution is 2.31. The maximum absolute atomic E-state index is 12.8. The summed E-state index contributed by atoms with van der Waals surface area (Å²) in [5.41, 5.74) is 3.87. The molecule has 3 aromatic rings. The van der Waals surface area contributed by atoms with Crippen LogP contribution in [-0.4, -0.2) is 45.3 Å². The second-order valence-electron chi connectivity index (χ2n) is 7.85. The molecule has 4 rings (SSSR count). The number of amides is 2. The van der Waals surface area contributed by atoms with Gasteiger partial charge in [-0.15, -0.1) is 5.10 Å². The van der Waals surface area contributed by atoms with Crippen molar-refractivity contribution in [3.63, 3.8) is 0 Å². The molecule has 0 spiro atoms. The first kappa shape index (κ1) is 20.5. The van der Waals surface area contributed by atoms with E-state index in [-0.39, 0.29) is 18.4 Å². The Hall–Kier alpha value is -2.74. The molecule has 8 heteroatoms. The van der Waals surface area contributed by atoms with Crippen molar-refractivity contribution in [2.24, 2.45) is 0 Å². The number of aromatic nitrogens is 3. The number of anilines is 1. The number of rotatable bonds is 5. The van der Waals surface area contributed by atoms with Crippen LogP contribution in [0.2, 0.25) is 0 Å². The topological polar surface area (TPSA) is 80.1 Å². The molecule has 1 aliphatic carbocycles. The summed E-state index contributed by atoms with van der Waals surface area (Å²) in [6.45, 7) is 1.91. The summed E-state index contributed by atoms with van der Waals surface area (Å²) in [5.74, 6) is -0.477. The number of likely N-dealkylation sites (N-methyl/N-ethyl adjacent to an activating group) is 1. The van der Waals surface area contributed by atoms with E-state index >= 15 is 0 Å². The van der Waals surface area contributed by atoms with Crippen molar-refractivity contribution in [2.45, 2.75) is 38.6 Å². The Balaban J connectivity index is 1.43. The van der Waals surface area contributed by atoms with E-state index in [1.807, 2.05) is 35.9 Å². The van der Waals surface area contributed by atoms with Crippen LogP contribution in [0, 0.1) is 6.92 Å². The van der Waals surface area contributed by atoms with Crippen LogP contribution in [0.25, 0.3) is 11.0 Å². The van der Waals surface area contributed by atoms with Gasteiger partial charge < -0.3 is 10.2 Å². The first-order valence-corrected chi connectivity index (χ1v) is 10.9. The van der Waals surface area contributed by atoms with Gasteiger partial charge in [0.25, 0.3) is 5.91 Å². The average molecular weight is 470 g/mol. The van der Waals surface area contributed by atoms with Crippen molar-refractivity contribution >= 4 is 44.5 Å². The Morgan fingerprint density at radius 1 is 1.20 bits per heavy atom. The van der Waals surface area contributed by atoms with Crippen LogP contribution in [0.15, 0.2) is 40.9 Å². The maximum atomic E-state index is 12.8. The molecule has 7 nitrogen and oxygen atoms in total. The Kier molecular flexibility index (Phi) is 5.85. The van der Waals surface area contributed by atoms with Gasteiger partial charge in [0.1, 0.15) is 5.52 Å². The number of hydrogen-bond acceptors (Lipinski definition) is 4. The van der Waals surface area contributed by atoms with E-state index in [0.29, 0.717) is 22.8 Å². The second-order valence-corrected chi connectivity index (χ2v) is 8.70. The van der Waals surface area contributed by atoms with Crippen LogP contribution in [0.1, 0.15) is 47.6 Å². The van der Waals surface area contributed by atoms with Crippen molar-refractivity contribution in [1.29, 1.82) is 0 Å². The van der Waals surface area contributed by atoms with E-state index in [1.165, 1.54) is 17.7 Å². The first-order valence-electron chi connectivity index (χ1n) is 10.1. The van der Waals surface area contributed by atoms with Crippen molar-refractivity contribution in [2.75, 3.05) is 18.9 Å². The van der Waals surface area contributed by atoms with Crippen LogP contribution >= 0.6 is 15.9 Å². The van der Waals surface area contributed by atoms with Crippen molar-refractivity contribution in [3.8, 4) is 0 Å². The number of carbonyl (C=O) groups excluding carboxylic acids is 2. The third-order valence-corrected chi connectivity index (χ3v) is 6.45. The zero-order valence-electron chi connectivity index (χ0n) is 17.1. The van der Waals surface area contributed by atoms with E-state index in [4.69, 9.17) is 0 Å². The number of fused-ring (bicyclic) bond motifs is 1. The molecule has 1 saturated carbocycles. The maximum Gasteiger partial charge on any atom is 0.254 e. The van der Waals surface area contributed by atoms with E-state index < -0.39 is 0 Å². The molecule has 1 aliphatic rings. The summed E-state index contributed by atoms with van der Waals surface area (Å²) >= 11 is 3.44. The lowest BCUT2D eigenvalue weighted by molar-refractivity contribution is -0.116. The number of nitrogens with one attached hydrogen (secondary N) is 1. The predicted octanol–water partition coefficient (Wildman–Crippen LogP) is 4.33. The Morgan fingerprint density at radius 3 is 2.70 bits per heavy atom. The highest BCUT2D eigenvalue weighted by molar-refractivity contribution is 9.10. The predicted molar refractivity (Wildman–Crippen MR) is 120 cm³/mol. The third-order valence-electron chi connectivity index (χ3n) is 5.56. The lowest BCUT2D eigenvalue weighted by Crippen LogP contribution is -2.34. The molecule has 1 aromatic heterocycles. The fourth-order valence-corrected chi connectivity index (χ4v) is 4.17. The van der Waals surface area contributed by atoms with Gasteiger partial charge in [-0.1, -0.05) is 34.0 Å². The van der Waals surface area contributed by atoms with Crippen LogP contribution in [0.5, 0.6) is 0 Å². The largest absolute Gasteiger partial charge is 0.332 e. The quantitative estimate of drug-likeness (QED) is 0.602. The molecule has 2 aromatic carbocycles. The molecule has 1 heterocycles. The lowest BCUT2D eigenvalue weighted by atomic mass is 10.1. The Morgan fingerprint density at radius 2 is 1.97 bits per heavy atom. The van der Waals surface area contributed by atoms with Crippen molar-refractivity contribution in [3.05, 3.63) is 52.0 Å². The summed E-state index contributed by atoms with van der Waals surface area (Å²) in [6.07, 6.45) is 4.67. The molecule has 0 bridgehead atoms. The number of carbonyl (C=O) groups is 2. The Bertz CT molecular complexity index is 1100. The first-order chi connectivity index (χ1) is 14.4. The van der Waals surface area contributed by atoms with Crippen LogP contribution in [0.3, 0.4) is 0 Å². The van der Waals surface area contributed by atoms with Gasteiger partial charge in [0.05, 0.1) is 18.1 Å². The average Bonchev–Trinajstić information content (AvgIpc) is 3.39. The van der Waals surface area contributed by atoms with Gasteiger partial charge in [-0.05, 0) is 61.7 Å². The number of aryl methyl sites for hydroxylation is 1. The third kappa shape index (κ3) is 4.23. The van der Waals surface area contributed by atoms with Gasteiger partial charge in [0, 0.05) is 22.8 Å². The molecule has 1 N–H and O–H groups in total. The SMILES string of the molecule is Cc1cc(NC(=O)CN(C)C(=O)c2ccc3c(c2)nnn3C2CCCC2)ccc1Br. The molecule has 30 heavy (non-hydrogen) atoms. The number of halogens is 1. The van der Waals surface area contributed by atoms with E-state index in [0.717, 1.165) is 28.4 Å². The fraction of sp³-hybridized carbons (Fsp3) is 0.364. The van der Waals surface area contributed by atoms with E-state index in [9.17, 15) is 9.59 Å². The Labute approximate surface area is 183 Å². The minimum atomic E-state index is -0.249. The zero-order chi connectivity index (χ0) is 21.3. The molecule has 0 atom stereocenters. The minimum absolute atomic E-state index is 0.0409. The molecular formula is C22H24BrN5O2. The number of nitrogens with zero attached hydrogens (tertiary/aromatic N) is 4. The summed E-state index contributed by atoms with van der Waals surface area (Å²) < 4.78 is 2.96. The van der Waals surface area contributed by atoms with Gasteiger partial charge >= 0.3 is 0 Å². The zero-order valence-corrected chi connectivity index (χ0v) is 18.6. The number of benzene rings is 2.